The lowest BCUT2D eigenvalue weighted by atomic mass is 10.1. The molecule has 0 saturated carbocycles. The molecule has 3 amide bonds. The van der Waals surface area contributed by atoms with Gasteiger partial charge in [0.1, 0.15) is 11.4 Å². The molecule has 3 N–H and O–H groups in total. The van der Waals surface area contributed by atoms with Gasteiger partial charge in [-0.05, 0) is 97.8 Å². The van der Waals surface area contributed by atoms with Crippen molar-refractivity contribution >= 4 is 52.9 Å². The van der Waals surface area contributed by atoms with Crippen LogP contribution in [0.15, 0.2) is 114 Å². The molecule has 9 nitrogen and oxygen atoms in total. The topological polar surface area (TPSA) is 123 Å². The molecular formula is C37H37N3O6S. The molecule has 0 bridgehead atoms. The maximum Gasteiger partial charge on any atom is 0.338 e. The third-order valence-electron chi connectivity index (χ3n) is 6.65. The number of benzene rings is 4. The van der Waals surface area contributed by atoms with Gasteiger partial charge in [0, 0.05) is 21.8 Å². The van der Waals surface area contributed by atoms with Crippen molar-refractivity contribution in [2.45, 2.75) is 31.6 Å². The molecule has 4 aromatic rings. The lowest BCUT2D eigenvalue weighted by Crippen LogP contribution is -2.30. The predicted octanol–water partition coefficient (Wildman–Crippen LogP) is 7.18. The average Bonchev–Trinajstić information content (AvgIpc) is 3.09. The van der Waals surface area contributed by atoms with E-state index in [2.05, 4.69) is 16.0 Å². The highest BCUT2D eigenvalue weighted by atomic mass is 32.2. The van der Waals surface area contributed by atoms with Crippen LogP contribution in [0.3, 0.4) is 0 Å². The standard InChI is InChI=1S/C37H37N3O6S/c1-3-5-23-46-37(44)28-13-15-29(16-14-28)38-34(41)25-47-32-21-17-30(18-22-32)39-36(43)33(40-35(42)27-9-7-6-8-10-27)24-26-11-19-31(20-12-26)45-4-2/h6-22,24H,3-5,23,25H2,1-2H3,(H,38,41)(H,39,43)(H,40,42)/b33-24-. The molecule has 0 atom stereocenters. The zero-order valence-corrected chi connectivity index (χ0v) is 27.1. The van der Waals surface area contributed by atoms with Gasteiger partial charge < -0.3 is 25.4 Å². The number of ether oxygens (including phenoxy) is 2. The zero-order chi connectivity index (χ0) is 33.4. The summed E-state index contributed by atoms with van der Waals surface area (Å²) >= 11 is 1.34. The first kappa shape index (κ1) is 34.5. The first-order valence-electron chi connectivity index (χ1n) is 15.3. The number of nitrogens with one attached hydrogen (secondary N) is 3. The maximum atomic E-state index is 13.3. The summed E-state index contributed by atoms with van der Waals surface area (Å²) in [5, 5.41) is 8.39. The Morgan fingerprint density at radius 3 is 2.06 bits per heavy atom. The fraction of sp³-hybridized carbons (Fsp3) is 0.189. The Morgan fingerprint density at radius 1 is 0.745 bits per heavy atom. The first-order chi connectivity index (χ1) is 22.8. The number of carbonyl (C=O) groups excluding carboxylic acids is 4. The minimum atomic E-state index is -0.497. The fourth-order valence-corrected chi connectivity index (χ4v) is 4.90. The number of amides is 3. The molecule has 0 aliphatic rings. The van der Waals surface area contributed by atoms with Crippen molar-refractivity contribution in [2.75, 3.05) is 29.6 Å². The van der Waals surface area contributed by atoms with E-state index in [0.717, 1.165) is 17.7 Å². The quantitative estimate of drug-likeness (QED) is 0.0539. The second-order valence-corrected chi connectivity index (χ2v) is 11.3. The Hall–Kier alpha value is -5.35. The van der Waals surface area contributed by atoms with Crippen molar-refractivity contribution in [1.82, 2.24) is 5.32 Å². The molecule has 0 aromatic heterocycles. The molecule has 242 valence electrons. The van der Waals surface area contributed by atoms with Gasteiger partial charge in [-0.25, -0.2) is 4.79 Å². The summed E-state index contributed by atoms with van der Waals surface area (Å²) in [6.07, 6.45) is 3.35. The van der Waals surface area contributed by atoms with E-state index in [0.29, 0.717) is 47.0 Å². The third kappa shape index (κ3) is 11.2. The van der Waals surface area contributed by atoms with Crippen molar-refractivity contribution in [1.29, 1.82) is 0 Å². The van der Waals surface area contributed by atoms with Crippen LogP contribution in [0.2, 0.25) is 0 Å². The van der Waals surface area contributed by atoms with E-state index < -0.39 is 11.8 Å². The van der Waals surface area contributed by atoms with Crippen molar-refractivity contribution in [3.63, 3.8) is 0 Å². The number of esters is 1. The second kappa shape index (κ2) is 18.0. The molecule has 0 aliphatic carbocycles. The average molecular weight is 652 g/mol. The largest absolute Gasteiger partial charge is 0.494 e. The van der Waals surface area contributed by atoms with Crippen LogP contribution in [0, 0.1) is 0 Å². The van der Waals surface area contributed by atoms with Crippen LogP contribution in [-0.2, 0) is 14.3 Å². The number of carbonyl (C=O) groups is 4. The van der Waals surface area contributed by atoms with E-state index in [1.165, 1.54) is 11.8 Å². The lowest BCUT2D eigenvalue weighted by Gasteiger charge is -2.12. The summed E-state index contributed by atoms with van der Waals surface area (Å²) in [5.41, 5.74) is 2.72. The van der Waals surface area contributed by atoms with Crippen molar-refractivity contribution in [3.05, 3.63) is 126 Å². The Bertz CT molecular complexity index is 1670. The fourth-order valence-electron chi connectivity index (χ4n) is 4.20. The number of unbranched alkanes of at least 4 members (excludes halogenated alkanes) is 1. The highest BCUT2D eigenvalue weighted by molar-refractivity contribution is 8.00. The van der Waals surface area contributed by atoms with Gasteiger partial charge in [0.15, 0.2) is 0 Å². The van der Waals surface area contributed by atoms with Crippen LogP contribution in [0.1, 0.15) is 53.0 Å². The van der Waals surface area contributed by atoms with E-state index in [1.807, 2.05) is 19.9 Å². The summed E-state index contributed by atoms with van der Waals surface area (Å²) in [6.45, 7) is 4.84. The van der Waals surface area contributed by atoms with E-state index >= 15 is 0 Å². The smallest absolute Gasteiger partial charge is 0.338 e. The van der Waals surface area contributed by atoms with Crippen LogP contribution in [0.5, 0.6) is 5.75 Å². The Balaban J connectivity index is 1.34. The minimum absolute atomic E-state index is 0.0690. The SMILES string of the molecule is CCCCOC(=O)c1ccc(NC(=O)CSc2ccc(NC(=O)/C(=C/c3ccc(OCC)cc3)NC(=O)c3ccccc3)cc2)cc1. The van der Waals surface area contributed by atoms with Crippen LogP contribution in [0.4, 0.5) is 11.4 Å². The van der Waals surface area contributed by atoms with Gasteiger partial charge >= 0.3 is 5.97 Å². The summed E-state index contributed by atoms with van der Waals surface area (Å²) < 4.78 is 10.7. The number of hydrogen-bond donors (Lipinski definition) is 3. The lowest BCUT2D eigenvalue weighted by molar-refractivity contribution is -0.114. The molecule has 0 radical (unpaired) electrons. The van der Waals surface area contributed by atoms with E-state index in [9.17, 15) is 19.2 Å². The van der Waals surface area contributed by atoms with Crippen molar-refractivity contribution in [2.24, 2.45) is 0 Å². The van der Waals surface area contributed by atoms with Gasteiger partial charge in [-0.1, -0.05) is 43.7 Å². The molecule has 4 rings (SSSR count). The van der Waals surface area contributed by atoms with Crippen molar-refractivity contribution in [3.8, 4) is 5.75 Å². The normalized spacial score (nSPS) is 10.9. The molecule has 0 aliphatic heterocycles. The zero-order valence-electron chi connectivity index (χ0n) is 26.3. The maximum absolute atomic E-state index is 13.3. The van der Waals surface area contributed by atoms with E-state index in [4.69, 9.17) is 9.47 Å². The minimum Gasteiger partial charge on any atom is -0.494 e. The summed E-state index contributed by atoms with van der Waals surface area (Å²) in [7, 11) is 0. The summed E-state index contributed by atoms with van der Waals surface area (Å²) in [6, 6.07) is 29.5. The molecule has 0 saturated heterocycles. The van der Waals surface area contributed by atoms with Crippen LogP contribution in [-0.4, -0.2) is 42.7 Å². The highest BCUT2D eigenvalue weighted by Gasteiger charge is 2.15. The molecule has 47 heavy (non-hydrogen) atoms. The van der Waals surface area contributed by atoms with Crippen LogP contribution in [0.25, 0.3) is 6.08 Å². The van der Waals surface area contributed by atoms with Crippen molar-refractivity contribution < 1.29 is 28.7 Å². The highest BCUT2D eigenvalue weighted by Crippen LogP contribution is 2.22. The predicted molar refractivity (Wildman–Crippen MR) is 186 cm³/mol. The summed E-state index contributed by atoms with van der Waals surface area (Å²) in [4.78, 5) is 51.7. The van der Waals surface area contributed by atoms with Gasteiger partial charge in [-0.15, -0.1) is 11.8 Å². The number of thioether (sulfide) groups is 1. The third-order valence-corrected chi connectivity index (χ3v) is 7.66. The van der Waals surface area contributed by atoms with Gasteiger partial charge in [-0.2, -0.15) is 0 Å². The summed E-state index contributed by atoms with van der Waals surface area (Å²) in [5.74, 6) is -0.637. The Kier molecular flexibility index (Phi) is 13.2. The number of rotatable bonds is 15. The molecule has 4 aromatic carbocycles. The second-order valence-electron chi connectivity index (χ2n) is 10.3. The first-order valence-corrected chi connectivity index (χ1v) is 16.3. The van der Waals surface area contributed by atoms with Gasteiger partial charge in [0.2, 0.25) is 5.91 Å². The van der Waals surface area contributed by atoms with Gasteiger partial charge in [-0.3, -0.25) is 14.4 Å². The Labute approximate surface area is 278 Å². The number of anilines is 2. The molecule has 0 fully saturated rings. The van der Waals surface area contributed by atoms with Gasteiger partial charge in [0.25, 0.3) is 11.8 Å². The molecule has 0 unspecified atom stereocenters. The van der Waals surface area contributed by atoms with Crippen LogP contribution < -0.4 is 20.7 Å². The molecular weight excluding hydrogens is 614 g/mol. The van der Waals surface area contributed by atoms with E-state index in [1.54, 1.807) is 103 Å². The molecule has 0 spiro atoms. The molecule has 10 heteroatoms. The Morgan fingerprint density at radius 2 is 1.40 bits per heavy atom. The number of hydrogen-bond acceptors (Lipinski definition) is 7. The monoisotopic (exact) mass is 651 g/mol. The van der Waals surface area contributed by atoms with Crippen LogP contribution >= 0.6 is 11.8 Å². The van der Waals surface area contributed by atoms with Gasteiger partial charge in [0.05, 0.1) is 24.5 Å². The molecule has 0 heterocycles. The van der Waals surface area contributed by atoms with E-state index in [-0.39, 0.29) is 23.3 Å².